The van der Waals surface area contributed by atoms with Crippen LogP contribution in [-0.4, -0.2) is 4.98 Å². The largest absolute Gasteiger partial charge is 0.439 e. The van der Waals surface area contributed by atoms with Crippen LogP contribution in [-0.2, 0) is 12.7 Å². The maximum absolute atomic E-state index is 12.6. The third-order valence-corrected chi connectivity index (χ3v) is 2.92. The summed E-state index contributed by atoms with van der Waals surface area (Å²) in [6.07, 6.45) is -2.93. The van der Waals surface area contributed by atoms with Gasteiger partial charge in [-0.1, -0.05) is 6.07 Å². The van der Waals surface area contributed by atoms with Gasteiger partial charge in [0.05, 0.1) is 5.56 Å². The molecule has 0 aliphatic heterocycles. The normalized spacial score (nSPS) is 11.4. The second-order valence-electron chi connectivity index (χ2n) is 3.95. The van der Waals surface area contributed by atoms with Gasteiger partial charge in [0.15, 0.2) is 0 Å². The number of hydrogen-bond acceptors (Lipinski definition) is 3. The number of rotatable bonds is 3. The molecule has 2 rings (SSSR count). The molecule has 7 heteroatoms. The van der Waals surface area contributed by atoms with Crippen LogP contribution in [0.1, 0.15) is 11.1 Å². The second kappa shape index (κ2) is 5.80. The number of alkyl halides is 3. The van der Waals surface area contributed by atoms with Crippen LogP contribution in [0.3, 0.4) is 0 Å². The summed E-state index contributed by atoms with van der Waals surface area (Å²) in [5.41, 5.74) is 5.37. The Morgan fingerprint density at radius 2 is 2.00 bits per heavy atom. The highest BCUT2D eigenvalue weighted by atomic mass is 79.9. The molecule has 1 aromatic carbocycles. The van der Waals surface area contributed by atoms with E-state index in [4.69, 9.17) is 10.5 Å². The Morgan fingerprint density at radius 1 is 1.25 bits per heavy atom. The van der Waals surface area contributed by atoms with E-state index in [2.05, 4.69) is 20.9 Å². The molecule has 1 aromatic heterocycles. The molecular formula is C13H10BrF3N2O. The topological polar surface area (TPSA) is 48.1 Å². The van der Waals surface area contributed by atoms with Gasteiger partial charge in [0.1, 0.15) is 5.75 Å². The van der Waals surface area contributed by atoms with E-state index in [-0.39, 0.29) is 18.2 Å². The molecule has 1 heterocycles. The molecule has 0 saturated heterocycles. The third-order valence-electron chi connectivity index (χ3n) is 2.49. The lowest BCUT2D eigenvalue weighted by atomic mass is 10.2. The number of hydrogen-bond donors (Lipinski definition) is 1. The van der Waals surface area contributed by atoms with Crippen LogP contribution in [0.2, 0.25) is 0 Å². The number of nitrogens with zero attached hydrogens (tertiary/aromatic N) is 1. The summed E-state index contributed by atoms with van der Waals surface area (Å²) in [5.74, 6) is 0.249. The fraction of sp³-hybridized carbons (Fsp3) is 0.154. The summed E-state index contributed by atoms with van der Waals surface area (Å²) in [6, 6.07) is 6.31. The Balaban J connectivity index is 2.31. The summed E-state index contributed by atoms with van der Waals surface area (Å²) in [6.45, 7) is 0.167. The highest BCUT2D eigenvalue weighted by Crippen LogP contribution is 2.33. The lowest BCUT2D eigenvalue weighted by Crippen LogP contribution is -2.05. The molecule has 2 aromatic rings. The number of nitrogens with two attached hydrogens (primary N) is 1. The molecule has 0 atom stereocenters. The van der Waals surface area contributed by atoms with E-state index < -0.39 is 11.7 Å². The van der Waals surface area contributed by atoms with Gasteiger partial charge in [-0.3, -0.25) is 0 Å². The van der Waals surface area contributed by atoms with E-state index in [0.717, 1.165) is 12.1 Å². The van der Waals surface area contributed by atoms with Crippen molar-refractivity contribution in [1.29, 1.82) is 0 Å². The standard InChI is InChI=1S/C13H10BrF3N2O/c14-10-4-8(6-18)12(19-7-10)20-11-3-1-2-9(5-11)13(15,16)17/h1-5,7H,6,18H2. The van der Waals surface area contributed by atoms with Gasteiger partial charge < -0.3 is 10.5 Å². The van der Waals surface area contributed by atoms with E-state index in [1.807, 2.05) is 0 Å². The molecule has 0 radical (unpaired) electrons. The minimum absolute atomic E-state index is 0.0596. The molecule has 0 bridgehead atoms. The number of benzene rings is 1. The number of ether oxygens (including phenoxy) is 1. The molecule has 20 heavy (non-hydrogen) atoms. The summed E-state index contributed by atoms with van der Waals surface area (Å²) >= 11 is 3.24. The van der Waals surface area contributed by atoms with Gasteiger partial charge in [-0.2, -0.15) is 13.2 Å². The van der Waals surface area contributed by atoms with Crippen molar-refractivity contribution in [2.75, 3.05) is 0 Å². The van der Waals surface area contributed by atoms with E-state index in [9.17, 15) is 13.2 Å². The highest BCUT2D eigenvalue weighted by Gasteiger charge is 2.30. The van der Waals surface area contributed by atoms with Gasteiger partial charge in [-0.25, -0.2) is 4.98 Å². The van der Waals surface area contributed by atoms with Crippen molar-refractivity contribution in [3.05, 3.63) is 52.1 Å². The van der Waals surface area contributed by atoms with E-state index >= 15 is 0 Å². The van der Waals surface area contributed by atoms with Crippen LogP contribution in [0.5, 0.6) is 11.6 Å². The SMILES string of the molecule is NCc1cc(Br)cnc1Oc1cccc(C(F)(F)F)c1. The summed E-state index contributed by atoms with van der Waals surface area (Å²) in [4.78, 5) is 4.01. The van der Waals surface area contributed by atoms with Crippen molar-refractivity contribution >= 4 is 15.9 Å². The second-order valence-corrected chi connectivity index (χ2v) is 4.87. The predicted molar refractivity (Wildman–Crippen MR) is 71.3 cm³/mol. The van der Waals surface area contributed by atoms with Crippen molar-refractivity contribution < 1.29 is 17.9 Å². The predicted octanol–water partition coefficient (Wildman–Crippen LogP) is 4.11. The third kappa shape index (κ3) is 3.49. The zero-order valence-corrected chi connectivity index (χ0v) is 11.7. The van der Waals surface area contributed by atoms with Gasteiger partial charge in [-0.15, -0.1) is 0 Å². The first-order valence-electron chi connectivity index (χ1n) is 5.60. The fourth-order valence-electron chi connectivity index (χ4n) is 1.55. The summed E-state index contributed by atoms with van der Waals surface area (Å²) in [5, 5.41) is 0. The Kier molecular flexibility index (Phi) is 4.29. The Hall–Kier alpha value is -1.60. The molecule has 0 unspecified atom stereocenters. The molecule has 0 spiro atoms. The fourth-order valence-corrected chi connectivity index (χ4v) is 1.93. The Labute approximate surface area is 121 Å². The first-order chi connectivity index (χ1) is 9.40. The number of pyridine rings is 1. The number of halogens is 4. The molecular weight excluding hydrogens is 337 g/mol. The van der Waals surface area contributed by atoms with E-state index in [0.29, 0.717) is 10.0 Å². The van der Waals surface area contributed by atoms with Crippen LogP contribution in [0, 0.1) is 0 Å². The quantitative estimate of drug-likeness (QED) is 0.909. The van der Waals surface area contributed by atoms with Crippen molar-refractivity contribution in [2.24, 2.45) is 5.73 Å². The Morgan fingerprint density at radius 3 is 2.65 bits per heavy atom. The monoisotopic (exact) mass is 346 g/mol. The maximum atomic E-state index is 12.6. The van der Waals surface area contributed by atoms with Gasteiger partial charge in [-0.05, 0) is 40.2 Å². The minimum Gasteiger partial charge on any atom is -0.439 e. The van der Waals surface area contributed by atoms with Gasteiger partial charge in [0.25, 0.3) is 0 Å². The van der Waals surface area contributed by atoms with Crippen LogP contribution < -0.4 is 10.5 Å². The molecule has 3 nitrogen and oxygen atoms in total. The number of aromatic nitrogens is 1. The molecule has 0 aliphatic carbocycles. The van der Waals surface area contributed by atoms with Gasteiger partial charge >= 0.3 is 6.18 Å². The minimum atomic E-state index is -4.41. The molecule has 2 N–H and O–H groups in total. The average Bonchev–Trinajstić information content (AvgIpc) is 2.40. The van der Waals surface area contributed by atoms with Crippen molar-refractivity contribution in [3.63, 3.8) is 0 Å². The maximum Gasteiger partial charge on any atom is 0.416 e. The van der Waals surface area contributed by atoms with Crippen molar-refractivity contribution in [1.82, 2.24) is 4.98 Å². The van der Waals surface area contributed by atoms with Crippen molar-refractivity contribution in [3.8, 4) is 11.6 Å². The van der Waals surface area contributed by atoms with E-state index in [1.54, 1.807) is 6.07 Å². The van der Waals surface area contributed by atoms with Crippen LogP contribution >= 0.6 is 15.9 Å². The average molecular weight is 347 g/mol. The zero-order valence-electron chi connectivity index (χ0n) is 10.1. The van der Waals surface area contributed by atoms with Gasteiger partial charge in [0, 0.05) is 22.8 Å². The summed E-state index contributed by atoms with van der Waals surface area (Å²) in [7, 11) is 0. The molecule has 0 aliphatic rings. The van der Waals surface area contributed by atoms with Crippen molar-refractivity contribution in [2.45, 2.75) is 12.7 Å². The zero-order chi connectivity index (χ0) is 14.8. The van der Waals surface area contributed by atoms with E-state index in [1.165, 1.54) is 18.3 Å². The lowest BCUT2D eigenvalue weighted by Gasteiger charge is -2.11. The molecule has 0 saturated carbocycles. The molecule has 0 amide bonds. The first kappa shape index (κ1) is 14.8. The smallest absolute Gasteiger partial charge is 0.416 e. The molecule has 106 valence electrons. The lowest BCUT2D eigenvalue weighted by molar-refractivity contribution is -0.137. The van der Waals surface area contributed by atoms with Gasteiger partial charge in [0.2, 0.25) is 5.88 Å². The van der Waals surface area contributed by atoms with Crippen LogP contribution in [0.15, 0.2) is 41.0 Å². The van der Waals surface area contributed by atoms with Crippen LogP contribution in [0.4, 0.5) is 13.2 Å². The highest BCUT2D eigenvalue weighted by molar-refractivity contribution is 9.10. The molecule has 0 fully saturated rings. The first-order valence-corrected chi connectivity index (χ1v) is 6.39. The summed E-state index contributed by atoms with van der Waals surface area (Å²) < 4.78 is 43.9. The Bertz CT molecular complexity index is 617. The van der Waals surface area contributed by atoms with Crippen LogP contribution in [0.25, 0.3) is 0 Å².